The number of hydrogen-bond acceptors (Lipinski definition) is 4. The lowest BCUT2D eigenvalue weighted by Gasteiger charge is -2.14. The van der Waals surface area contributed by atoms with Crippen molar-refractivity contribution >= 4 is 5.82 Å². The van der Waals surface area contributed by atoms with Gasteiger partial charge in [0.2, 0.25) is 5.88 Å². The molecule has 0 saturated carbocycles. The Balaban J connectivity index is 1.93. The van der Waals surface area contributed by atoms with Crippen molar-refractivity contribution < 1.29 is 4.74 Å². The van der Waals surface area contributed by atoms with E-state index in [1.807, 2.05) is 6.07 Å². The first-order chi connectivity index (χ1) is 9.65. The van der Waals surface area contributed by atoms with Crippen LogP contribution in [0.15, 0.2) is 24.5 Å². The summed E-state index contributed by atoms with van der Waals surface area (Å²) < 4.78 is 5.95. The van der Waals surface area contributed by atoms with Gasteiger partial charge in [-0.15, -0.1) is 0 Å². The average Bonchev–Trinajstić information content (AvgIpc) is 2.85. The predicted molar refractivity (Wildman–Crippen MR) is 79.1 cm³/mol. The van der Waals surface area contributed by atoms with Crippen LogP contribution in [0.4, 0.5) is 5.82 Å². The molecule has 0 aliphatic heterocycles. The Bertz CT molecular complexity index is 638. The third kappa shape index (κ3) is 2.33. The lowest BCUT2D eigenvalue weighted by molar-refractivity contribution is 0.451. The van der Waals surface area contributed by atoms with E-state index in [9.17, 15) is 0 Å². The van der Waals surface area contributed by atoms with Gasteiger partial charge in [-0.05, 0) is 48.4 Å². The van der Waals surface area contributed by atoms with Crippen LogP contribution in [-0.4, -0.2) is 9.97 Å². The van der Waals surface area contributed by atoms with Crippen molar-refractivity contribution in [2.75, 3.05) is 5.73 Å². The van der Waals surface area contributed by atoms with Gasteiger partial charge in [-0.1, -0.05) is 19.9 Å². The average molecular weight is 269 g/mol. The smallest absolute Gasteiger partial charge is 0.227 e. The maximum Gasteiger partial charge on any atom is 0.227 e. The first kappa shape index (κ1) is 12.9. The summed E-state index contributed by atoms with van der Waals surface area (Å²) in [7, 11) is 0. The monoisotopic (exact) mass is 269 g/mol. The van der Waals surface area contributed by atoms with E-state index in [4.69, 9.17) is 10.5 Å². The van der Waals surface area contributed by atoms with Gasteiger partial charge in [0.1, 0.15) is 17.9 Å². The zero-order chi connectivity index (χ0) is 14.1. The molecule has 0 atom stereocenters. The molecule has 104 valence electrons. The summed E-state index contributed by atoms with van der Waals surface area (Å²) in [6.45, 7) is 4.12. The zero-order valence-electron chi connectivity index (χ0n) is 11.9. The van der Waals surface area contributed by atoms with Crippen LogP contribution in [0.1, 0.15) is 42.9 Å². The molecule has 0 amide bonds. The largest absolute Gasteiger partial charge is 0.439 e. The highest BCUT2D eigenvalue weighted by molar-refractivity contribution is 5.48. The summed E-state index contributed by atoms with van der Waals surface area (Å²) >= 11 is 0. The molecule has 2 aromatic rings. The summed E-state index contributed by atoms with van der Waals surface area (Å²) in [5.41, 5.74) is 9.62. The van der Waals surface area contributed by atoms with Gasteiger partial charge in [0.15, 0.2) is 0 Å². The molecular formula is C16H19N3O. The van der Waals surface area contributed by atoms with E-state index in [2.05, 4.69) is 35.9 Å². The highest BCUT2D eigenvalue weighted by Gasteiger charge is 2.16. The Kier molecular flexibility index (Phi) is 3.30. The first-order valence-electron chi connectivity index (χ1n) is 7.05. The van der Waals surface area contributed by atoms with Crippen LogP contribution in [0, 0.1) is 0 Å². The molecule has 0 unspecified atom stereocenters. The zero-order valence-corrected chi connectivity index (χ0v) is 11.9. The highest BCUT2D eigenvalue weighted by Crippen LogP contribution is 2.33. The Morgan fingerprint density at radius 2 is 1.95 bits per heavy atom. The molecule has 1 aromatic heterocycles. The number of hydrogen-bond donors (Lipinski definition) is 1. The molecule has 3 rings (SSSR count). The normalized spacial score (nSPS) is 13.6. The minimum atomic E-state index is 0.223. The molecule has 0 spiro atoms. The Morgan fingerprint density at radius 1 is 1.15 bits per heavy atom. The fraction of sp³-hybridized carbons (Fsp3) is 0.375. The van der Waals surface area contributed by atoms with Gasteiger partial charge in [-0.2, -0.15) is 0 Å². The second kappa shape index (κ2) is 5.12. The van der Waals surface area contributed by atoms with Crippen LogP contribution >= 0.6 is 0 Å². The molecule has 1 aliphatic rings. The molecule has 4 nitrogen and oxygen atoms in total. The van der Waals surface area contributed by atoms with E-state index in [-0.39, 0.29) is 5.92 Å². The van der Waals surface area contributed by atoms with Crippen molar-refractivity contribution in [1.29, 1.82) is 0 Å². The van der Waals surface area contributed by atoms with Gasteiger partial charge >= 0.3 is 0 Å². The van der Waals surface area contributed by atoms with E-state index in [1.165, 1.54) is 30.3 Å². The van der Waals surface area contributed by atoms with Gasteiger partial charge in [0.05, 0.1) is 5.56 Å². The summed E-state index contributed by atoms with van der Waals surface area (Å²) in [4.78, 5) is 8.28. The fourth-order valence-electron chi connectivity index (χ4n) is 2.74. The maximum atomic E-state index is 5.95. The SMILES string of the molecule is CC(C)c1c(N)ncnc1Oc1ccc2c(c1)CCC2. The van der Waals surface area contributed by atoms with Gasteiger partial charge in [-0.25, -0.2) is 9.97 Å². The second-order valence-corrected chi connectivity index (χ2v) is 5.52. The minimum absolute atomic E-state index is 0.223. The van der Waals surface area contributed by atoms with Gasteiger partial charge in [-0.3, -0.25) is 0 Å². The van der Waals surface area contributed by atoms with Crippen LogP contribution in [0.2, 0.25) is 0 Å². The standard InChI is InChI=1S/C16H19N3O/c1-10(2)14-15(17)18-9-19-16(14)20-13-7-6-11-4-3-5-12(11)8-13/h6-10H,3-5H2,1-2H3,(H2,17,18,19). The molecule has 1 heterocycles. The molecule has 20 heavy (non-hydrogen) atoms. The fourth-order valence-corrected chi connectivity index (χ4v) is 2.74. The van der Waals surface area contributed by atoms with Crippen LogP contribution in [0.5, 0.6) is 11.6 Å². The van der Waals surface area contributed by atoms with Crippen molar-refractivity contribution in [1.82, 2.24) is 9.97 Å². The number of nitrogens with two attached hydrogens (primary N) is 1. The van der Waals surface area contributed by atoms with E-state index >= 15 is 0 Å². The molecule has 0 saturated heterocycles. The lowest BCUT2D eigenvalue weighted by Crippen LogP contribution is -2.04. The number of rotatable bonds is 3. The Labute approximate surface area is 119 Å². The molecule has 0 fully saturated rings. The van der Waals surface area contributed by atoms with Crippen LogP contribution in [0.25, 0.3) is 0 Å². The van der Waals surface area contributed by atoms with Gasteiger partial charge in [0.25, 0.3) is 0 Å². The summed E-state index contributed by atoms with van der Waals surface area (Å²) in [5.74, 6) is 2.10. The molecule has 1 aromatic carbocycles. The first-order valence-corrected chi connectivity index (χ1v) is 7.05. The number of aromatic nitrogens is 2. The second-order valence-electron chi connectivity index (χ2n) is 5.52. The van der Waals surface area contributed by atoms with Crippen LogP contribution < -0.4 is 10.5 Å². The number of benzene rings is 1. The summed E-state index contributed by atoms with van der Waals surface area (Å²) in [5, 5.41) is 0. The lowest BCUT2D eigenvalue weighted by atomic mass is 10.1. The maximum absolute atomic E-state index is 5.95. The van der Waals surface area contributed by atoms with E-state index < -0.39 is 0 Å². The number of nitrogen functional groups attached to an aromatic ring is 1. The predicted octanol–water partition coefficient (Wildman–Crippen LogP) is 3.46. The summed E-state index contributed by atoms with van der Waals surface area (Å²) in [6, 6.07) is 6.27. The minimum Gasteiger partial charge on any atom is -0.439 e. The number of nitrogens with zero attached hydrogens (tertiary/aromatic N) is 2. The number of ether oxygens (including phenoxy) is 1. The number of fused-ring (bicyclic) bond motifs is 1. The van der Waals surface area contributed by atoms with Crippen molar-refractivity contribution in [3.05, 3.63) is 41.2 Å². The van der Waals surface area contributed by atoms with Gasteiger partial charge in [0, 0.05) is 0 Å². The van der Waals surface area contributed by atoms with Gasteiger partial charge < -0.3 is 10.5 Å². The van der Waals surface area contributed by atoms with Crippen molar-refractivity contribution in [3.8, 4) is 11.6 Å². The molecule has 0 bridgehead atoms. The van der Waals surface area contributed by atoms with Crippen molar-refractivity contribution in [2.24, 2.45) is 0 Å². The summed E-state index contributed by atoms with van der Waals surface area (Å²) in [6.07, 6.45) is 4.99. The molecule has 2 N–H and O–H groups in total. The van der Waals surface area contributed by atoms with E-state index in [1.54, 1.807) is 0 Å². The van der Waals surface area contributed by atoms with Crippen LogP contribution in [0.3, 0.4) is 0 Å². The topological polar surface area (TPSA) is 61.0 Å². The number of aryl methyl sites for hydroxylation is 2. The third-order valence-electron chi connectivity index (χ3n) is 3.74. The molecule has 0 radical (unpaired) electrons. The van der Waals surface area contributed by atoms with E-state index in [0.29, 0.717) is 11.7 Å². The molecule has 1 aliphatic carbocycles. The third-order valence-corrected chi connectivity index (χ3v) is 3.74. The quantitative estimate of drug-likeness (QED) is 0.926. The number of anilines is 1. The molecule has 4 heteroatoms. The van der Waals surface area contributed by atoms with E-state index in [0.717, 1.165) is 17.7 Å². The van der Waals surface area contributed by atoms with Crippen molar-refractivity contribution in [2.45, 2.75) is 39.0 Å². The van der Waals surface area contributed by atoms with Crippen molar-refractivity contribution in [3.63, 3.8) is 0 Å². The highest BCUT2D eigenvalue weighted by atomic mass is 16.5. The van der Waals surface area contributed by atoms with Crippen LogP contribution in [-0.2, 0) is 12.8 Å². The Hall–Kier alpha value is -2.10. The Morgan fingerprint density at radius 3 is 2.75 bits per heavy atom. The molecular weight excluding hydrogens is 250 g/mol.